The van der Waals surface area contributed by atoms with Crippen LogP contribution in [0.3, 0.4) is 0 Å². The molecule has 1 aromatic carbocycles. The first-order chi connectivity index (χ1) is 12.1. The van der Waals surface area contributed by atoms with Crippen molar-refractivity contribution in [3.8, 4) is 0 Å². The fourth-order valence-corrected chi connectivity index (χ4v) is 3.06. The number of aliphatic imine (C=N–C) groups is 2. The van der Waals surface area contributed by atoms with Crippen molar-refractivity contribution in [1.82, 2.24) is 9.80 Å². The average Bonchev–Trinajstić information content (AvgIpc) is 2.61. The lowest BCUT2D eigenvalue weighted by atomic mass is 10.1. The number of ether oxygens (including phenoxy) is 1. The second-order valence-electron chi connectivity index (χ2n) is 6.40. The molecular formula is C19H25N5O. The predicted molar refractivity (Wildman–Crippen MR) is 102 cm³/mol. The zero-order valence-electron chi connectivity index (χ0n) is 14.9. The van der Waals surface area contributed by atoms with E-state index in [4.69, 9.17) is 10.5 Å². The fraction of sp³-hybridized carbons (Fsp3) is 0.368. The summed E-state index contributed by atoms with van der Waals surface area (Å²) in [6.45, 7) is 8.98. The molecular weight excluding hydrogens is 314 g/mol. The van der Waals surface area contributed by atoms with E-state index in [1.165, 1.54) is 5.56 Å². The van der Waals surface area contributed by atoms with Gasteiger partial charge in [0.05, 0.1) is 25.0 Å². The van der Waals surface area contributed by atoms with E-state index in [-0.39, 0.29) is 6.04 Å². The molecule has 2 heterocycles. The van der Waals surface area contributed by atoms with Crippen molar-refractivity contribution in [2.24, 2.45) is 15.7 Å². The van der Waals surface area contributed by atoms with Gasteiger partial charge in [-0.2, -0.15) is 0 Å². The lowest BCUT2D eigenvalue weighted by molar-refractivity contribution is 0.0000322. The second kappa shape index (κ2) is 7.63. The highest BCUT2D eigenvalue weighted by Crippen LogP contribution is 2.26. The molecule has 2 aliphatic rings. The molecule has 6 nitrogen and oxygen atoms in total. The number of rotatable bonds is 4. The van der Waals surface area contributed by atoms with Crippen molar-refractivity contribution >= 4 is 18.3 Å². The van der Waals surface area contributed by atoms with Crippen molar-refractivity contribution in [3.63, 3.8) is 0 Å². The number of hydrogen-bond donors (Lipinski definition) is 1. The van der Waals surface area contributed by atoms with Gasteiger partial charge in [0.15, 0.2) is 0 Å². The largest absolute Gasteiger partial charge is 0.382 e. The first-order valence-electron chi connectivity index (χ1n) is 8.43. The Bertz CT molecular complexity index is 720. The van der Waals surface area contributed by atoms with Crippen molar-refractivity contribution in [2.75, 3.05) is 33.4 Å². The molecule has 0 amide bonds. The maximum atomic E-state index is 6.22. The van der Waals surface area contributed by atoms with Crippen molar-refractivity contribution < 1.29 is 4.74 Å². The number of benzene rings is 1. The van der Waals surface area contributed by atoms with Crippen LogP contribution in [0.15, 0.2) is 52.3 Å². The van der Waals surface area contributed by atoms with Crippen LogP contribution in [0.25, 0.3) is 5.70 Å². The molecule has 1 aromatic rings. The van der Waals surface area contributed by atoms with Gasteiger partial charge in [-0.1, -0.05) is 29.8 Å². The summed E-state index contributed by atoms with van der Waals surface area (Å²) in [7, 11) is 2.12. The minimum atomic E-state index is 0.281. The van der Waals surface area contributed by atoms with Gasteiger partial charge in [-0.3, -0.25) is 9.89 Å². The van der Waals surface area contributed by atoms with E-state index >= 15 is 0 Å². The van der Waals surface area contributed by atoms with E-state index in [0.29, 0.717) is 12.4 Å². The lowest BCUT2D eigenvalue weighted by Crippen LogP contribution is -2.49. The highest BCUT2D eigenvalue weighted by Gasteiger charge is 2.26. The Labute approximate surface area is 149 Å². The smallest absolute Gasteiger partial charge is 0.149 e. The third-order valence-corrected chi connectivity index (χ3v) is 4.63. The molecule has 132 valence electrons. The zero-order valence-corrected chi connectivity index (χ0v) is 14.9. The molecule has 1 unspecified atom stereocenters. The molecule has 2 aliphatic heterocycles. The van der Waals surface area contributed by atoms with Crippen LogP contribution >= 0.6 is 0 Å². The molecule has 3 rings (SSSR count). The summed E-state index contributed by atoms with van der Waals surface area (Å²) in [5.74, 6) is 0.449. The molecule has 2 N–H and O–H groups in total. The second-order valence-corrected chi connectivity index (χ2v) is 6.40. The van der Waals surface area contributed by atoms with Gasteiger partial charge in [0.1, 0.15) is 11.5 Å². The first-order valence-corrected chi connectivity index (χ1v) is 8.43. The number of aryl methyl sites for hydroxylation is 1. The summed E-state index contributed by atoms with van der Waals surface area (Å²) in [6, 6.07) is 8.46. The number of amidine groups is 1. The van der Waals surface area contributed by atoms with E-state index in [9.17, 15) is 0 Å². The van der Waals surface area contributed by atoms with Crippen molar-refractivity contribution in [1.29, 1.82) is 0 Å². The van der Waals surface area contributed by atoms with Crippen molar-refractivity contribution in [2.45, 2.75) is 13.0 Å². The minimum absolute atomic E-state index is 0.281. The van der Waals surface area contributed by atoms with Crippen LogP contribution < -0.4 is 5.73 Å². The first kappa shape index (κ1) is 17.4. The minimum Gasteiger partial charge on any atom is -0.382 e. The molecule has 25 heavy (non-hydrogen) atoms. The Morgan fingerprint density at radius 3 is 2.84 bits per heavy atom. The normalized spacial score (nSPS) is 23.4. The van der Waals surface area contributed by atoms with Gasteiger partial charge < -0.3 is 15.4 Å². The van der Waals surface area contributed by atoms with Gasteiger partial charge in [0, 0.05) is 31.1 Å². The molecule has 6 heteroatoms. The number of likely N-dealkylation sites (N-methyl/N-ethyl adjacent to an activating group) is 1. The SMILES string of the molecule is C=N/C(=C1/C(N)=NC=CN1CC1COCCN1C)c1ccc(C)cc1. The average molecular weight is 339 g/mol. The molecule has 0 spiro atoms. The summed E-state index contributed by atoms with van der Waals surface area (Å²) >= 11 is 0. The molecule has 0 radical (unpaired) electrons. The Kier molecular flexibility index (Phi) is 5.31. The summed E-state index contributed by atoms with van der Waals surface area (Å²) < 4.78 is 5.63. The van der Waals surface area contributed by atoms with Gasteiger partial charge in [-0.15, -0.1) is 0 Å². The van der Waals surface area contributed by atoms with E-state index in [2.05, 4.69) is 52.6 Å². The van der Waals surface area contributed by atoms with E-state index < -0.39 is 0 Å². The topological polar surface area (TPSA) is 66.4 Å². The third-order valence-electron chi connectivity index (χ3n) is 4.63. The van der Waals surface area contributed by atoms with E-state index in [0.717, 1.165) is 36.7 Å². The Morgan fingerprint density at radius 1 is 1.40 bits per heavy atom. The van der Waals surface area contributed by atoms with Crippen LogP contribution in [0.5, 0.6) is 0 Å². The van der Waals surface area contributed by atoms with Gasteiger partial charge in [0.2, 0.25) is 0 Å². The molecule has 1 saturated heterocycles. The lowest BCUT2D eigenvalue weighted by Gasteiger charge is -2.37. The van der Waals surface area contributed by atoms with E-state index in [1.807, 2.05) is 18.3 Å². The monoisotopic (exact) mass is 339 g/mol. The van der Waals surface area contributed by atoms with Crippen LogP contribution in [0.1, 0.15) is 11.1 Å². The Morgan fingerprint density at radius 2 is 2.16 bits per heavy atom. The molecule has 0 aromatic heterocycles. The molecule has 0 saturated carbocycles. The highest BCUT2D eigenvalue weighted by molar-refractivity contribution is 6.04. The van der Waals surface area contributed by atoms with Crippen LogP contribution in [-0.2, 0) is 4.74 Å². The van der Waals surface area contributed by atoms with Crippen LogP contribution in [0, 0.1) is 6.92 Å². The predicted octanol–water partition coefficient (Wildman–Crippen LogP) is 1.84. The summed E-state index contributed by atoms with van der Waals surface area (Å²) in [5.41, 5.74) is 9.92. The highest BCUT2D eigenvalue weighted by atomic mass is 16.5. The summed E-state index contributed by atoms with van der Waals surface area (Å²) in [6.07, 6.45) is 3.66. The number of hydrogen-bond acceptors (Lipinski definition) is 6. The molecule has 0 aliphatic carbocycles. The molecule has 1 atom stereocenters. The van der Waals surface area contributed by atoms with Gasteiger partial charge in [0.25, 0.3) is 0 Å². The summed E-state index contributed by atoms with van der Waals surface area (Å²) in [5, 5.41) is 0. The number of morpholine rings is 1. The quantitative estimate of drug-likeness (QED) is 0.850. The van der Waals surface area contributed by atoms with Crippen molar-refractivity contribution in [3.05, 3.63) is 53.5 Å². The van der Waals surface area contributed by atoms with Crippen LogP contribution in [0.4, 0.5) is 0 Å². The van der Waals surface area contributed by atoms with Gasteiger partial charge in [-0.05, 0) is 20.7 Å². The standard InChI is InChI=1S/C19H25N5O/c1-14-4-6-15(7-5-14)17(21-2)18-19(20)22-8-9-24(18)12-16-13-25-11-10-23(16)3/h4-9,16H,2,10-13H2,1,3H3,(H2,20,22)/b18-17-. The molecule has 0 bridgehead atoms. The Hall–Kier alpha value is -2.44. The maximum Gasteiger partial charge on any atom is 0.149 e. The fourth-order valence-electron chi connectivity index (χ4n) is 3.06. The number of nitrogens with zero attached hydrogens (tertiary/aromatic N) is 4. The Balaban J connectivity index is 1.96. The van der Waals surface area contributed by atoms with Gasteiger partial charge in [-0.25, -0.2) is 4.99 Å². The maximum absolute atomic E-state index is 6.22. The summed E-state index contributed by atoms with van der Waals surface area (Å²) in [4.78, 5) is 12.9. The van der Waals surface area contributed by atoms with Crippen LogP contribution in [-0.4, -0.2) is 61.7 Å². The van der Waals surface area contributed by atoms with E-state index in [1.54, 1.807) is 6.20 Å². The molecule has 1 fully saturated rings. The van der Waals surface area contributed by atoms with Gasteiger partial charge >= 0.3 is 0 Å². The zero-order chi connectivity index (χ0) is 17.8. The van der Waals surface area contributed by atoms with Crippen LogP contribution in [0.2, 0.25) is 0 Å². The number of nitrogens with two attached hydrogens (primary N) is 1. The third kappa shape index (κ3) is 3.81.